The van der Waals surface area contributed by atoms with Crippen LogP contribution in [0, 0.1) is 0 Å². The fourth-order valence-corrected chi connectivity index (χ4v) is 4.80. The zero-order valence-corrected chi connectivity index (χ0v) is 19.5. The molecule has 2 aromatic carbocycles. The highest BCUT2D eigenvalue weighted by atomic mass is 32.2. The van der Waals surface area contributed by atoms with Crippen LogP contribution in [0.15, 0.2) is 77.3 Å². The highest BCUT2D eigenvalue weighted by Gasteiger charge is 2.21. The number of thioether (sulfide) groups is 1. The lowest BCUT2D eigenvalue weighted by molar-refractivity contribution is -0.120. The van der Waals surface area contributed by atoms with Crippen molar-refractivity contribution in [2.75, 3.05) is 7.11 Å². The van der Waals surface area contributed by atoms with Crippen LogP contribution in [-0.2, 0) is 17.8 Å². The monoisotopic (exact) mass is 464 g/mol. The highest BCUT2D eigenvalue weighted by Crippen LogP contribution is 2.27. The van der Waals surface area contributed by atoms with Crippen LogP contribution in [0.1, 0.15) is 23.2 Å². The van der Waals surface area contributed by atoms with E-state index < -0.39 is 0 Å². The van der Waals surface area contributed by atoms with E-state index in [1.165, 1.54) is 16.6 Å². The SMILES string of the molecule is COc1ccc(CNC(=O)C(C)Sc2nnc(Cc3cccs3)n2-c2ccccc2)cc1. The van der Waals surface area contributed by atoms with Gasteiger partial charge in [0, 0.05) is 23.5 Å². The van der Waals surface area contributed by atoms with E-state index in [-0.39, 0.29) is 11.2 Å². The molecule has 6 nitrogen and oxygen atoms in total. The summed E-state index contributed by atoms with van der Waals surface area (Å²) in [5, 5.41) is 14.3. The van der Waals surface area contributed by atoms with Gasteiger partial charge < -0.3 is 10.1 Å². The highest BCUT2D eigenvalue weighted by molar-refractivity contribution is 8.00. The summed E-state index contributed by atoms with van der Waals surface area (Å²) in [6.07, 6.45) is 0.693. The van der Waals surface area contributed by atoms with Crippen molar-refractivity contribution >= 4 is 29.0 Å². The van der Waals surface area contributed by atoms with Crippen molar-refractivity contribution in [3.05, 3.63) is 88.4 Å². The van der Waals surface area contributed by atoms with Crippen LogP contribution < -0.4 is 10.1 Å². The number of hydrogen-bond acceptors (Lipinski definition) is 6. The molecule has 1 unspecified atom stereocenters. The molecule has 164 valence electrons. The van der Waals surface area contributed by atoms with Gasteiger partial charge in [0.2, 0.25) is 5.91 Å². The molecule has 1 atom stereocenters. The minimum absolute atomic E-state index is 0.0479. The molecule has 2 aromatic heterocycles. The second kappa shape index (κ2) is 10.5. The second-order valence-electron chi connectivity index (χ2n) is 7.15. The molecule has 0 radical (unpaired) electrons. The van der Waals surface area contributed by atoms with Gasteiger partial charge in [-0.1, -0.05) is 48.2 Å². The molecule has 0 spiro atoms. The van der Waals surface area contributed by atoms with Crippen LogP contribution >= 0.6 is 23.1 Å². The molecule has 0 saturated heterocycles. The normalized spacial score (nSPS) is 11.8. The maximum absolute atomic E-state index is 12.7. The zero-order valence-electron chi connectivity index (χ0n) is 17.9. The Morgan fingerprint density at radius 1 is 1.09 bits per heavy atom. The molecule has 0 aliphatic rings. The Labute approximate surface area is 195 Å². The molecule has 2 heterocycles. The number of ether oxygens (including phenoxy) is 1. The quantitative estimate of drug-likeness (QED) is 0.363. The molecule has 0 aliphatic carbocycles. The van der Waals surface area contributed by atoms with Crippen LogP contribution in [-0.4, -0.2) is 33.0 Å². The number of aromatic nitrogens is 3. The number of para-hydroxylation sites is 1. The van der Waals surface area contributed by atoms with Gasteiger partial charge in [-0.2, -0.15) is 0 Å². The van der Waals surface area contributed by atoms with Gasteiger partial charge in [0.15, 0.2) is 5.16 Å². The Hall–Kier alpha value is -3.10. The van der Waals surface area contributed by atoms with Gasteiger partial charge in [0.05, 0.1) is 12.4 Å². The molecule has 4 rings (SSSR count). The fourth-order valence-electron chi connectivity index (χ4n) is 3.18. The van der Waals surface area contributed by atoms with Gasteiger partial charge in [-0.3, -0.25) is 9.36 Å². The Balaban J connectivity index is 1.47. The van der Waals surface area contributed by atoms with Gasteiger partial charge in [0.1, 0.15) is 11.6 Å². The molecular weight excluding hydrogens is 440 g/mol. The molecule has 0 bridgehead atoms. The topological polar surface area (TPSA) is 69.0 Å². The first-order chi connectivity index (χ1) is 15.6. The fraction of sp³-hybridized carbons (Fsp3) is 0.208. The van der Waals surface area contributed by atoms with Crippen molar-refractivity contribution in [1.29, 1.82) is 0 Å². The largest absolute Gasteiger partial charge is 0.497 e. The Bertz CT molecular complexity index is 1140. The number of amides is 1. The van der Waals surface area contributed by atoms with E-state index in [4.69, 9.17) is 4.74 Å². The van der Waals surface area contributed by atoms with E-state index in [0.717, 1.165) is 22.8 Å². The summed E-state index contributed by atoms with van der Waals surface area (Å²) in [6.45, 7) is 2.35. The molecule has 0 aliphatic heterocycles. The minimum Gasteiger partial charge on any atom is -0.497 e. The third-order valence-electron chi connectivity index (χ3n) is 4.90. The number of methoxy groups -OCH3 is 1. The number of nitrogens with zero attached hydrogens (tertiary/aromatic N) is 3. The summed E-state index contributed by atoms with van der Waals surface area (Å²) in [5.41, 5.74) is 2.00. The smallest absolute Gasteiger partial charge is 0.233 e. The van der Waals surface area contributed by atoms with Crippen molar-refractivity contribution in [1.82, 2.24) is 20.1 Å². The standard InChI is InChI=1S/C24H24N4O2S2/c1-17(23(29)25-16-18-10-12-20(30-2)13-11-18)32-24-27-26-22(15-21-9-6-14-31-21)28(24)19-7-4-3-5-8-19/h3-14,17H,15-16H2,1-2H3,(H,25,29). The molecule has 4 aromatic rings. The Morgan fingerprint density at radius 3 is 2.56 bits per heavy atom. The summed E-state index contributed by atoms with van der Waals surface area (Å²) in [4.78, 5) is 14.0. The van der Waals surface area contributed by atoms with Crippen molar-refractivity contribution in [2.45, 2.75) is 30.3 Å². The molecular formula is C24H24N4O2S2. The molecule has 0 fully saturated rings. The van der Waals surface area contributed by atoms with Gasteiger partial charge in [-0.25, -0.2) is 0 Å². The van der Waals surface area contributed by atoms with E-state index >= 15 is 0 Å². The van der Waals surface area contributed by atoms with E-state index in [0.29, 0.717) is 18.1 Å². The van der Waals surface area contributed by atoms with Crippen LogP contribution in [0.2, 0.25) is 0 Å². The van der Waals surface area contributed by atoms with Gasteiger partial charge in [-0.15, -0.1) is 21.5 Å². The van der Waals surface area contributed by atoms with Crippen LogP contribution in [0.5, 0.6) is 5.75 Å². The van der Waals surface area contributed by atoms with Crippen LogP contribution in [0.25, 0.3) is 5.69 Å². The summed E-state index contributed by atoms with van der Waals surface area (Å²) in [7, 11) is 1.63. The third kappa shape index (κ3) is 5.38. The van der Waals surface area contributed by atoms with E-state index in [9.17, 15) is 4.79 Å². The number of nitrogens with one attached hydrogen (secondary N) is 1. The average Bonchev–Trinajstić information content (AvgIpc) is 3.48. The van der Waals surface area contributed by atoms with Crippen molar-refractivity contribution in [3.8, 4) is 11.4 Å². The summed E-state index contributed by atoms with van der Waals surface area (Å²) in [6, 6.07) is 21.8. The maximum Gasteiger partial charge on any atom is 0.233 e. The van der Waals surface area contributed by atoms with E-state index in [1.807, 2.05) is 72.2 Å². The number of carbonyl (C=O) groups is 1. The van der Waals surface area contributed by atoms with Crippen molar-refractivity contribution in [3.63, 3.8) is 0 Å². The summed E-state index contributed by atoms with van der Waals surface area (Å²) in [5.74, 6) is 1.60. The molecule has 1 amide bonds. The molecule has 32 heavy (non-hydrogen) atoms. The van der Waals surface area contributed by atoms with Crippen LogP contribution in [0.3, 0.4) is 0 Å². The number of rotatable bonds is 9. The lowest BCUT2D eigenvalue weighted by Crippen LogP contribution is -2.30. The minimum atomic E-state index is -0.325. The van der Waals surface area contributed by atoms with E-state index in [1.54, 1.807) is 18.4 Å². The lowest BCUT2D eigenvalue weighted by atomic mass is 10.2. The van der Waals surface area contributed by atoms with Gasteiger partial charge in [-0.05, 0) is 48.2 Å². The first-order valence-electron chi connectivity index (χ1n) is 10.2. The van der Waals surface area contributed by atoms with Gasteiger partial charge >= 0.3 is 0 Å². The number of thiophene rings is 1. The molecule has 1 N–H and O–H groups in total. The Kier molecular flexibility index (Phi) is 7.24. The average molecular weight is 465 g/mol. The van der Waals surface area contributed by atoms with Crippen molar-refractivity contribution < 1.29 is 9.53 Å². The predicted octanol–water partition coefficient (Wildman–Crippen LogP) is 4.73. The summed E-state index contributed by atoms with van der Waals surface area (Å²) >= 11 is 3.11. The molecule has 8 heteroatoms. The number of benzene rings is 2. The second-order valence-corrected chi connectivity index (χ2v) is 9.49. The predicted molar refractivity (Wildman–Crippen MR) is 129 cm³/mol. The van der Waals surface area contributed by atoms with E-state index in [2.05, 4.69) is 27.0 Å². The number of carbonyl (C=O) groups excluding carboxylic acids is 1. The lowest BCUT2D eigenvalue weighted by Gasteiger charge is -2.14. The van der Waals surface area contributed by atoms with Crippen LogP contribution in [0.4, 0.5) is 0 Å². The summed E-state index contributed by atoms with van der Waals surface area (Å²) < 4.78 is 7.22. The third-order valence-corrected chi connectivity index (χ3v) is 6.82. The zero-order chi connectivity index (χ0) is 22.3. The maximum atomic E-state index is 12.7. The number of hydrogen-bond donors (Lipinski definition) is 1. The molecule has 0 saturated carbocycles. The Morgan fingerprint density at radius 2 is 1.88 bits per heavy atom. The first kappa shape index (κ1) is 22.1. The first-order valence-corrected chi connectivity index (χ1v) is 12.0. The van der Waals surface area contributed by atoms with Crippen molar-refractivity contribution in [2.24, 2.45) is 0 Å². The van der Waals surface area contributed by atoms with Gasteiger partial charge in [0.25, 0.3) is 0 Å².